The van der Waals surface area contributed by atoms with Crippen molar-refractivity contribution in [1.82, 2.24) is 0 Å². The normalized spacial score (nSPS) is 46.2. The van der Waals surface area contributed by atoms with Crippen LogP contribution in [0.2, 0.25) is 0 Å². The van der Waals surface area contributed by atoms with Gasteiger partial charge in [-0.15, -0.1) is 0 Å². The summed E-state index contributed by atoms with van der Waals surface area (Å²) in [5, 5.41) is 7.51. The van der Waals surface area contributed by atoms with E-state index in [0.29, 0.717) is 5.41 Å². The quantitative estimate of drug-likeness (QED) is 0.557. The molecule has 1 nitrogen and oxygen atoms in total. The van der Waals surface area contributed by atoms with Gasteiger partial charge in [0.1, 0.15) is 0 Å². The van der Waals surface area contributed by atoms with Crippen LogP contribution in [-0.4, -0.2) is 6.21 Å². The van der Waals surface area contributed by atoms with Gasteiger partial charge in [0.05, 0.1) is 0 Å². The predicted molar refractivity (Wildman–Crippen MR) is 47.0 cm³/mol. The van der Waals surface area contributed by atoms with Crippen LogP contribution in [-0.2, 0) is 0 Å². The van der Waals surface area contributed by atoms with Crippen molar-refractivity contribution in [3.63, 3.8) is 0 Å². The van der Waals surface area contributed by atoms with Crippen LogP contribution < -0.4 is 0 Å². The summed E-state index contributed by atoms with van der Waals surface area (Å²) in [6, 6.07) is 0. The predicted octanol–water partition coefficient (Wildman–Crippen LogP) is 2.85. The van der Waals surface area contributed by atoms with Gasteiger partial charge in [0.25, 0.3) is 0 Å². The third kappa shape index (κ3) is 0.646. The van der Waals surface area contributed by atoms with Crippen molar-refractivity contribution in [2.45, 2.75) is 39.5 Å². The summed E-state index contributed by atoms with van der Waals surface area (Å²) in [6.45, 7) is 4.70. The summed E-state index contributed by atoms with van der Waals surface area (Å²) in [7, 11) is 0. The molecule has 2 saturated carbocycles. The molecular formula is C10H17N. The monoisotopic (exact) mass is 151 g/mol. The summed E-state index contributed by atoms with van der Waals surface area (Å²) in [5.74, 6) is 0.907. The van der Waals surface area contributed by atoms with Gasteiger partial charge in [0.2, 0.25) is 0 Å². The van der Waals surface area contributed by atoms with E-state index in [9.17, 15) is 0 Å². The molecular weight excluding hydrogens is 134 g/mol. The van der Waals surface area contributed by atoms with Crippen LogP contribution >= 0.6 is 0 Å². The molecule has 0 unspecified atom stereocenters. The number of rotatable bonds is 1. The molecule has 0 aliphatic heterocycles. The zero-order valence-electron chi connectivity index (χ0n) is 7.48. The lowest BCUT2D eigenvalue weighted by Crippen LogP contribution is -2.31. The van der Waals surface area contributed by atoms with Gasteiger partial charge in [-0.3, -0.25) is 0 Å². The lowest BCUT2D eigenvalue weighted by Gasteiger charge is -2.34. The minimum atomic E-state index is 0.289. The molecule has 0 spiro atoms. The van der Waals surface area contributed by atoms with Crippen molar-refractivity contribution in [3.05, 3.63) is 0 Å². The molecule has 11 heavy (non-hydrogen) atoms. The highest BCUT2D eigenvalue weighted by Gasteiger charge is 2.57. The van der Waals surface area contributed by atoms with Crippen molar-refractivity contribution in [2.75, 3.05) is 0 Å². The second-order valence-electron chi connectivity index (χ2n) is 4.80. The summed E-state index contributed by atoms with van der Waals surface area (Å²) in [5.41, 5.74) is 0.715. The van der Waals surface area contributed by atoms with E-state index in [1.54, 1.807) is 6.21 Å². The molecule has 0 aromatic heterocycles. The molecule has 0 aromatic rings. The number of nitrogens with one attached hydrogen (secondary N) is 1. The topological polar surface area (TPSA) is 23.9 Å². The zero-order chi connectivity index (χ0) is 8.11. The van der Waals surface area contributed by atoms with Gasteiger partial charge in [0, 0.05) is 11.6 Å². The Morgan fingerprint density at radius 1 is 1.27 bits per heavy atom. The SMILES string of the molecule is CC1(C)C2CCC1(C=N)CC2. The maximum Gasteiger partial charge on any atom is 0.0103 e. The smallest absolute Gasteiger partial charge is 0.0103 e. The highest BCUT2D eigenvalue weighted by atomic mass is 14.6. The van der Waals surface area contributed by atoms with Crippen molar-refractivity contribution in [1.29, 1.82) is 5.41 Å². The molecule has 0 atom stereocenters. The summed E-state index contributed by atoms with van der Waals surface area (Å²) < 4.78 is 0. The van der Waals surface area contributed by atoms with Crippen LogP contribution in [0.25, 0.3) is 0 Å². The van der Waals surface area contributed by atoms with Crippen LogP contribution in [0.5, 0.6) is 0 Å². The van der Waals surface area contributed by atoms with Crippen molar-refractivity contribution >= 4 is 6.21 Å². The highest BCUT2D eigenvalue weighted by Crippen LogP contribution is 2.64. The highest BCUT2D eigenvalue weighted by molar-refractivity contribution is 5.65. The Morgan fingerprint density at radius 3 is 2.00 bits per heavy atom. The number of fused-ring (bicyclic) bond motifs is 2. The van der Waals surface area contributed by atoms with Gasteiger partial charge in [0.15, 0.2) is 0 Å². The molecule has 2 bridgehead atoms. The Balaban J connectivity index is 2.41. The lowest BCUT2D eigenvalue weighted by atomic mass is 9.70. The molecule has 2 rings (SSSR count). The fourth-order valence-corrected chi connectivity index (χ4v) is 3.24. The molecule has 62 valence electrons. The summed E-state index contributed by atoms with van der Waals surface area (Å²) in [6.07, 6.45) is 7.01. The van der Waals surface area contributed by atoms with Gasteiger partial charge in [-0.2, -0.15) is 0 Å². The first-order valence-electron chi connectivity index (χ1n) is 4.64. The fourth-order valence-electron chi connectivity index (χ4n) is 3.24. The fraction of sp³-hybridized carbons (Fsp3) is 0.900. The van der Waals surface area contributed by atoms with E-state index in [0.717, 1.165) is 5.92 Å². The Labute approximate surface area is 68.7 Å². The van der Waals surface area contributed by atoms with Gasteiger partial charge in [-0.25, -0.2) is 0 Å². The molecule has 2 fully saturated rings. The maximum absolute atomic E-state index is 7.51. The van der Waals surface area contributed by atoms with Crippen molar-refractivity contribution < 1.29 is 0 Å². The molecule has 0 saturated heterocycles. The molecule has 1 N–H and O–H groups in total. The molecule has 2 aliphatic rings. The Morgan fingerprint density at radius 2 is 1.82 bits per heavy atom. The summed E-state index contributed by atoms with van der Waals surface area (Å²) >= 11 is 0. The van der Waals surface area contributed by atoms with Crippen molar-refractivity contribution in [3.8, 4) is 0 Å². The van der Waals surface area contributed by atoms with Crippen LogP contribution in [0, 0.1) is 22.2 Å². The van der Waals surface area contributed by atoms with E-state index in [2.05, 4.69) is 13.8 Å². The minimum Gasteiger partial charge on any atom is -0.313 e. The Bertz CT molecular complexity index is 185. The minimum absolute atomic E-state index is 0.289. The van der Waals surface area contributed by atoms with Crippen molar-refractivity contribution in [2.24, 2.45) is 16.7 Å². The number of hydrogen-bond donors (Lipinski definition) is 1. The van der Waals surface area contributed by atoms with Crippen LogP contribution in [0.3, 0.4) is 0 Å². The first-order chi connectivity index (χ1) is 5.12. The molecule has 0 amide bonds. The third-order valence-corrected chi connectivity index (χ3v) is 4.46. The molecule has 1 heteroatoms. The molecule has 0 heterocycles. The van der Waals surface area contributed by atoms with Gasteiger partial charge >= 0.3 is 0 Å². The Kier molecular flexibility index (Phi) is 1.25. The molecule has 0 aromatic carbocycles. The van der Waals surface area contributed by atoms with E-state index in [1.807, 2.05) is 0 Å². The van der Waals surface area contributed by atoms with E-state index in [4.69, 9.17) is 5.41 Å². The first-order valence-corrected chi connectivity index (χ1v) is 4.64. The van der Waals surface area contributed by atoms with E-state index < -0.39 is 0 Å². The Hall–Kier alpha value is -0.330. The first kappa shape index (κ1) is 7.33. The maximum atomic E-state index is 7.51. The van der Waals surface area contributed by atoms with Gasteiger partial charge in [-0.05, 0) is 37.0 Å². The number of hydrogen-bond acceptors (Lipinski definition) is 1. The largest absolute Gasteiger partial charge is 0.313 e. The van der Waals surface area contributed by atoms with E-state index in [1.165, 1.54) is 25.7 Å². The lowest BCUT2D eigenvalue weighted by molar-refractivity contribution is 0.212. The second-order valence-corrected chi connectivity index (χ2v) is 4.80. The zero-order valence-corrected chi connectivity index (χ0v) is 7.48. The van der Waals surface area contributed by atoms with Gasteiger partial charge in [-0.1, -0.05) is 13.8 Å². The van der Waals surface area contributed by atoms with E-state index in [-0.39, 0.29) is 5.41 Å². The second kappa shape index (κ2) is 1.88. The summed E-state index contributed by atoms with van der Waals surface area (Å²) in [4.78, 5) is 0. The standard InChI is InChI=1S/C10H17N/c1-9(2)8-3-5-10(9,7-11)6-4-8/h7-8,11H,3-6H2,1-2H3. The molecule has 0 radical (unpaired) electrons. The molecule has 2 aliphatic carbocycles. The van der Waals surface area contributed by atoms with Crippen LogP contribution in [0.15, 0.2) is 0 Å². The van der Waals surface area contributed by atoms with Crippen LogP contribution in [0.1, 0.15) is 39.5 Å². The third-order valence-electron chi connectivity index (χ3n) is 4.46. The van der Waals surface area contributed by atoms with Gasteiger partial charge < -0.3 is 5.41 Å². The average molecular weight is 151 g/mol. The average Bonchev–Trinajstić information content (AvgIpc) is 2.39. The van der Waals surface area contributed by atoms with Crippen LogP contribution in [0.4, 0.5) is 0 Å². The van der Waals surface area contributed by atoms with E-state index >= 15 is 0 Å².